The molecule has 3 atom stereocenters. The molecule has 1 aliphatic rings. The van der Waals surface area contributed by atoms with E-state index in [1.807, 2.05) is 0 Å². The molecule has 4 N–H and O–H groups in total. The lowest BCUT2D eigenvalue weighted by molar-refractivity contribution is 0.0908. The van der Waals surface area contributed by atoms with E-state index >= 15 is 0 Å². The van der Waals surface area contributed by atoms with Crippen LogP contribution < -0.4 is 5.73 Å². The van der Waals surface area contributed by atoms with Crippen molar-refractivity contribution in [1.82, 2.24) is 0 Å². The van der Waals surface area contributed by atoms with Crippen LogP contribution >= 0.6 is 0 Å². The second-order valence-electron chi connectivity index (χ2n) is 2.74. The van der Waals surface area contributed by atoms with Gasteiger partial charge in [0.25, 0.3) is 0 Å². The molecule has 0 saturated heterocycles. The standard InChI is InChI=1S/C6H13NO2/c7-5-1-4(3-8)6(9)2-5/h4-6,8-9H,1-3,7H2/t4-,5?,6+/m1/s1. The second-order valence-corrected chi connectivity index (χ2v) is 2.74. The lowest BCUT2D eigenvalue weighted by Crippen LogP contribution is -2.16. The van der Waals surface area contributed by atoms with Crippen molar-refractivity contribution in [3.05, 3.63) is 0 Å². The second kappa shape index (κ2) is 2.64. The molecule has 54 valence electrons. The topological polar surface area (TPSA) is 66.5 Å². The average Bonchev–Trinajstić information content (AvgIpc) is 2.10. The van der Waals surface area contributed by atoms with Gasteiger partial charge in [0, 0.05) is 18.6 Å². The molecule has 1 rings (SSSR count). The van der Waals surface area contributed by atoms with Crippen molar-refractivity contribution < 1.29 is 10.2 Å². The maximum atomic E-state index is 9.12. The Labute approximate surface area is 54.5 Å². The number of aliphatic hydroxyl groups excluding tert-OH is 2. The minimum atomic E-state index is -0.370. The fourth-order valence-electron chi connectivity index (χ4n) is 1.34. The summed E-state index contributed by atoms with van der Waals surface area (Å²) in [5.41, 5.74) is 5.52. The molecule has 0 bridgehead atoms. The van der Waals surface area contributed by atoms with Gasteiger partial charge in [0.05, 0.1) is 6.10 Å². The summed E-state index contributed by atoms with van der Waals surface area (Å²) in [6.45, 7) is 0.0644. The highest BCUT2D eigenvalue weighted by Gasteiger charge is 2.29. The molecule has 9 heavy (non-hydrogen) atoms. The first kappa shape index (κ1) is 6.99. The Bertz CT molecular complexity index is 97.1. The molecule has 0 aromatic heterocycles. The van der Waals surface area contributed by atoms with Crippen LogP contribution in [0.25, 0.3) is 0 Å². The van der Waals surface area contributed by atoms with Gasteiger partial charge in [-0.3, -0.25) is 0 Å². The van der Waals surface area contributed by atoms with Crippen LogP contribution in [0.3, 0.4) is 0 Å². The molecule has 0 spiro atoms. The van der Waals surface area contributed by atoms with E-state index < -0.39 is 0 Å². The van der Waals surface area contributed by atoms with Gasteiger partial charge in [-0.2, -0.15) is 0 Å². The van der Waals surface area contributed by atoms with Gasteiger partial charge in [-0.05, 0) is 12.8 Å². The van der Waals surface area contributed by atoms with Gasteiger partial charge in [-0.1, -0.05) is 0 Å². The van der Waals surface area contributed by atoms with Gasteiger partial charge in [-0.25, -0.2) is 0 Å². The van der Waals surface area contributed by atoms with Crippen LogP contribution in [0.5, 0.6) is 0 Å². The predicted octanol–water partition coefficient (Wildman–Crippen LogP) is -0.923. The normalized spacial score (nSPS) is 43.7. The fourth-order valence-corrected chi connectivity index (χ4v) is 1.34. The Kier molecular flexibility index (Phi) is 2.05. The van der Waals surface area contributed by atoms with E-state index in [1.54, 1.807) is 0 Å². The number of aliphatic hydroxyl groups is 2. The van der Waals surface area contributed by atoms with Crippen molar-refractivity contribution in [2.75, 3.05) is 6.61 Å². The Balaban J connectivity index is 2.38. The third-order valence-corrected chi connectivity index (χ3v) is 1.93. The van der Waals surface area contributed by atoms with Crippen LogP contribution in [0.4, 0.5) is 0 Å². The monoisotopic (exact) mass is 131 g/mol. The minimum Gasteiger partial charge on any atom is -0.396 e. The van der Waals surface area contributed by atoms with Gasteiger partial charge in [0.1, 0.15) is 0 Å². The Morgan fingerprint density at radius 3 is 2.33 bits per heavy atom. The maximum Gasteiger partial charge on any atom is 0.0605 e. The van der Waals surface area contributed by atoms with E-state index in [-0.39, 0.29) is 24.7 Å². The summed E-state index contributed by atoms with van der Waals surface area (Å²) in [5.74, 6) is 0.0278. The van der Waals surface area contributed by atoms with Crippen LogP contribution in [0, 0.1) is 5.92 Å². The van der Waals surface area contributed by atoms with Crippen LogP contribution in [-0.2, 0) is 0 Å². The highest BCUT2D eigenvalue weighted by molar-refractivity contribution is 4.84. The average molecular weight is 131 g/mol. The molecule has 0 radical (unpaired) electrons. The third-order valence-electron chi connectivity index (χ3n) is 1.93. The Morgan fingerprint density at radius 2 is 2.11 bits per heavy atom. The first-order valence-corrected chi connectivity index (χ1v) is 3.28. The minimum absolute atomic E-state index is 0.0278. The molecule has 1 saturated carbocycles. The Hall–Kier alpha value is -0.120. The third kappa shape index (κ3) is 1.41. The van der Waals surface area contributed by atoms with Crippen molar-refractivity contribution in [2.24, 2.45) is 11.7 Å². The number of rotatable bonds is 1. The lowest BCUT2D eigenvalue weighted by atomic mass is 10.1. The van der Waals surface area contributed by atoms with Crippen LogP contribution in [-0.4, -0.2) is 29.0 Å². The predicted molar refractivity (Wildman–Crippen MR) is 33.8 cm³/mol. The Morgan fingerprint density at radius 1 is 1.44 bits per heavy atom. The zero-order chi connectivity index (χ0) is 6.85. The lowest BCUT2D eigenvalue weighted by Gasteiger charge is -2.08. The quantitative estimate of drug-likeness (QED) is 0.431. The molecule has 0 aromatic rings. The summed E-state index contributed by atoms with van der Waals surface area (Å²) in [7, 11) is 0. The van der Waals surface area contributed by atoms with Crippen LogP contribution in [0.2, 0.25) is 0 Å². The maximum absolute atomic E-state index is 9.12. The van der Waals surface area contributed by atoms with E-state index in [9.17, 15) is 0 Å². The molecular weight excluding hydrogens is 118 g/mol. The summed E-state index contributed by atoms with van der Waals surface area (Å²) in [5, 5.41) is 17.8. The van der Waals surface area contributed by atoms with Gasteiger partial charge >= 0.3 is 0 Å². The highest BCUT2D eigenvalue weighted by Crippen LogP contribution is 2.23. The van der Waals surface area contributed by atoms with Gasteiger partial charge < -0.3 is 15.9 Å². The van der Waals surface area contributed by atoms with Crippen molar-refractivity contribution in [3.63, 3.8) is 0 Å². The largest absolute Gasteiger partial charge is 0.396 e. The smallest absolute Gasteiger partial charge is 0.0605 e. The van der Waals surface area contributed by atoms with Crippen molar-refractivity contribution in [1.29, 1.82) is 0 Å². The SMILES string of the molecule is NC1C[C@H](CO)[C@@H](O)C1. The first-order chi connectivity index (χ1) is 4.24. The molecule has 3 heteroatoms. The zero-order valence-electron chi connectivity index (χ0n) is 5.33. The molecular formula is C6H13NO2. The molecule has 0 aliphatic heterocycles. The summed E-state index contributed by atoms with van der Waals surface area (Å²) in [6.07, 6.45) is 1.04. The molecule has 1 unspecified atom stereocenters. The van der Waals surface area contributed by atoms with E-state index in [4.69, 9.17) is 15.9 Å². The van der Waals surface area contributed by atoms with E-state index in [1.165, 1.54) is 0 Å². The van der Waals surface area contributed by atoms with E-state index in [0.29, 0.717) is 6.42 Å². The van der Waals surface area contributed by atoms with Crippen molar-refractivity contribution in [2.45, 2.75) is 25.0 Å². The van der Waals surface area contributed by atoms with Crippen molar-refractivity contribution in [3.8, 4) is 0 Å². The summed E-state index contributed by atoms with van der Waals surface area (Å²) in [4.78, 5) is 0. The van der Waals surface area contributed by atoms with Gasteiger partial charge in [-0.15, -0.1) is 0 Å². The molecule has 3 nitrogen and oxygen atoms in total. The highest BCUT2D eigenvalue weighted by atomic mass is 16.3. The van der Waals surface area contributed by atoms with E-state index in [0.717, 1.165) is 6.42 Å². The molecule has 0 aromatic carbocycles. The number of hydrogen-bond acceptors (Lipinski definition) is 3. The zero-order valence-corrected chi connectivity index (χ0v) is 5.33. The summed E-state index contributed by atoms with van der Waals surface area (Å²) < 4.78 is 0. The number of hydrogen-bond donors (Lipinski definition) is 3. The molecule has 1 aliphatic carbocycles. The molecule has 0 amide bonds. The van der Waals surface area contributed by atoms with Crippen molar-refractivity contribution >= 4 is 0 Å². The summed E-state index contributed by atoms with van der Waals surface area (Å²) in [6, 6.07) is 0.0946. The first-order valence-electron chi connectivity index (χ1n) is 3.28. The van der Waals surface area contributed by atoms with Gasteiger partial charge in [0.15, 0.2) is 0 Å². The van der Waals surface area contributed by atoms with Gasteiger partial charge in [0.2, 0.25) is 0 Å². The summed E-state index contributed by atoms with van der Waals surface area (Å²) >= 11 is 0. The molecule has 0 heterocycles. The van der Waals surface area contributed by atoms with E-state index in [2.05, 4.69) is 0 Å². The molecule has 1 fully saturated rings. The number of nitrogens with two attached hydrogens (primary N) is 1. The van der Waals surface area contributed by atoms with Crippen LogP contribution in [0.1, 0.15) is 12.8 Å². The fraction of sp³-hybridized carbons (Fsp3) is 1.00. The van der Waals surface area contributed by atoms with Crippen LogP contribution in [0.15, 0.2) is 0 Å².